The van der Waals surface area contributed by atoms with Crippen LogP contribution in [0, 0.1) is 0 Å². The smallest absolute Gasteiger partial charge is 0.113 e. The van der Waals surface area contributed by atoms with Gasteiger partial charge in [0.05, 0.1) is 16.9 Å². The Labute approximate surface area is 128 Å². The summed E-state index contributed by atoms with van der Waals surface area (Å²) in [7, 11) is 1.85. The summed E-state index contributed by atoms with van der Waals surface area (Å²) in [5.74, 6) is 0. The fourth-order valence-electron chi connectivity index (χ4n) is 2.36. The van der Waals surface area contributed by atoms with Crippen molar-refractivity contribution in [2.45, 2.75) is 0 Å². The summed E-state index contributed by atoms with van der Waals surface area (Å²) < 4.78 is 1.75. The molecular formula is C17H17N5. The monoisotopic (exact) mass is 291 g/mol. The number of nitrogens with two attached hydrogens (primary N) is 1. The van der Waals surface area contributed by atoms with E-state index in [1.807, 2.05) is 55.7 Å². The summed E-state index contributed by atoms with van der Waals surface area (Å²) in [6.45, 7) is 3.87. The SMILES string of the molecule is C=Cc1cc(-n2nnc3ccccc32)c(N)cc1/C=C\NC. The van der Waals surface area contributed by atoms with Crippen LogP contribution >= 0.6 is 0 Å². The van der Waals surface area contributed by atoms with Crippen LogP contribution in [0.2, 0.25) is 0 Å². The number of hydrogen-bond acceptors (Lipinski definition) is 4. The van der Waals surface area contributed by atoms with Crippen molar-refractivity contribution in [3.63, 3.8) is 0 Å². The van der Waals surface area contributed by atoms with Crippen molar-refractivity contribution in [3.05, 3.63) is 60.3 Å². The number of nitrogens with one attached hydrogen (secondary N) is 1. The number of rotatable bonds is 4. The average molecular weight is 291 g/mol. The van der Waals surface area contributed by atoms with Crippen LogP contribution in [0.3, 0.4) is 0 Å². The van der Waals surface area contributed by atoms with E-state index in [0.717, 1.165) is 27.8 Å². The molecule has 0 spiro atoms. The quantitative estimate of drug-likeness (QED) is 0.725. The van der Waals surface area contributed by atoms with Gasteiger partial charge in [-0.1, -0.05) is 30.0 Å². The van der Waals surface area contributed by atoms with Crippen LogP contribution in [-0.2, 0) is 0 Å². The maximum Gasteiger partial charge on any atom is 0.113 e. The Balaban J connectivity index is 2.19. The molecule has 0 aliphatic heterocycles. The molecule has 0 saturated carbocycles. The predicted octanol–water partition coefficient (Wildman–Crippen LogP) is 2.84. The second kappa shape index (κ2) is 5.73. The molecule has 0 aliphatic carbocycles. The van der Waals surface area contributed by atoms with Gasteiger partial charge >= 0.3 is 0 Å². The van der Waals surface area contributed by atoms with E-state index in [4.69, 9.17) is 5.73 Å². The second-order valence-corrected chi connectivity index (χ2v) is 4.86. The van der Waals surface area contributed by atoms with Gasteiger partial charge in [-0.15, -0.1) is 5.10 Å². The highest BCUT2D eigenvalue weighted by Crippen LogP contribution is 2.26. The molecule has 1 aromatic heterocycles. The van der Waals surface area contributed by atoms with Crippen molar-refractivity contribution in [2.24, 2.45) is 0 Å². The van der Waals surface area contributed by atoms with Gasteiger partial charge in [0.15, 0.2) is 0 Å². The number of fused-ring (bicyclic) bond motifs is 1. The molecule has 3 aromatic rings. The lowest BCUT2D eigenvalue weighted by molar-refractivity contribution is 0.825. The Hall–Kier alpha value is -3.08. The molecule has 1 heterocycles. The molecule has 0 bridgehead atoms. The lowest BCUT2D eigenvalue weighted by Crippen LogP contribution is -2.03. The van der Waals surface area contributed by atoms with Gasteiger partial charge in [-0.05, 0) is 47.7 Å². The van der Waals surface area contributed by atoms with Crippen molar-refractivity contribution in [3.8, 4) is 5.69 Å². The van der Waals surface area contributed by atoms with E-state index in [0.29, 0.717) is 5.69 Å². The number of para-hydroxylation sites is 1. The summed E-state index contributed by atoms with van der Waals surface area (Å²) in [5.41, 5.74) is 11.4. The topological polar surface area (TPSA) is 68.8 Å². The summed E-state index contributed by atoms with van der Waals surface area (Å²) in [5, 5.41) is 11.4. The van der Waals surface area contributed by atoms with E-state index in [9.17, 15) is 0 Å². The number of nitrogen functional groups attached to an aromatic ring is 1. The average Bonchev–Trinajstić information content (AvgIpc) is 2.97. The first-order chi connectivity index (χ1) is 10.7. The number of aromatic nitrogens is 3. The third-order valence-electron chi connectivity index (χ3n) is 3.46. The Morgan fingerprint density at radius 2 is 2.05 bits per heavy atom. The minimum Gasteiger partial charge on any atom is -0.397 e. The highest BCUT2D eigenvalue weighted by atomic mass is 15.4. The molecule has 5 heteroatoms. The van der Waals surface area contributed by atoms with Crippen LogP contribution in [0.25, 0.3) is 28.9 Å². The molecule has 5 nitrogen and oxygen atoms in total. The van der Waals surface area contributed by atoms with E-state index >= 15 is 0 Å². The highest BCUT2D eigenvalue weighted by molar-refractivity contribution is 5.80. The number of anilines is 1. The summed E-state index contributed by atoms with van der Waals surface area (Å²) in [4.78, 5) is 0. The van der Waals surface area contributed by atoms with Crippen molar-refractivity contribution in [2.75, 3.05) is 12.8 Å². The zero-order chi connectivity index (χ0) is 15.5. The third-order valence-corrected chi connectivity index (χ3v) is 3.46. The molecule has 3 rings (SSSR count). The molecule has 22 heavy (non-hydrogen) atoms. The van der Waals surface area contributed by atoms with E-state index in [1.165, 1.54) is 0 Å². The van der Waals surface area contributed by atoms with Gasteiger partial charge in [-0.3, -0.25) is 0 Å². The Morgan fingerprint density at radius 1 is 1.23 bits per heavy atom. The molecule has 2 aromatic carbocycles. The first-order valence-electron chi connectivity index (χ1n) is 6.95. The number of nitrogens with zero attached hydrogens (tertiary/aromatic N) is 3. The predicted molar refractivity (Wildman–Crippen MR) is 91.5 cm³/mol. The van der Waals surface area contributed by atoms with Crippen LogP contribution in [0.15, 0.2) is 49.2 Å². The van der Waals surface area contributed by atoms with Gasteiger partial charge in [0, 0.05) is 7.05 Å². The van der Waals surface area contributed by atoms with Crippen LogP contribution in [0.5, 0.6) is 0 Å². The molecule has 0 radical (unpaired) electrons. The first kappa shape index (κ1) is 13.9. The minimum absolute atomic E-state index is 0.636. The van der Waals surface area contributed by atoms with E-state index in [2.05, 4.69) is 22.2 Å². The van der Waals surface area contributed by atoms with Crippen LogP contribution in [0.1, 0.15) is 11.1 Å². The van der Waals surface area contributed by atoms with Crippen LogP contribution in [0.4, 0.5) is 5.69 Å². The van der Waals surface area contributed by atoms with Gasteiger partial charge in [0.2, 0.25) is 0 Å². The minimum atomic E-state index is 0.636. The first-order valence-corrected chi connectivity index (χ1v) is 6.95. The zero-order valence-corrected chi connectivity index (χ0v) is 12.3. The van der Waals surface area contributed by atoms with Gasteiger partial charge in [0.1, 0.15) is 5.52 Å². The highest BCUT2D eigenvalue weighted by Gasteiger charge is 2.11. The van der Waals surface area contributed by atoms with Crippen molar-refractivity contribution >= 4 is 28.9 Å². The van der Waals surface area contributed by atoms with Crippen molar-refractivity contribution in [1.29, 1.82) is 0 Å². The molecule has 0 fully saturated rings. The molecule has 110 valence electrons. The largest absolute Gasteiger partial charge is 0.397 e. The van der Waals surface area contributed by atoms with E-state index < -0.39 is 0 Å². The van der Waals surface area contributed by atoms with Crippen LogP contribution < -0.4 is 11.1 Å². The molecule has 3 N–H and O–H groups in total. The van der Waals surface area contributed by atoms with E-state index in [-0.39, 0.29) is 0 Å². The Kier molecular flexibility index (Phi) is 3.62. The lowest BCUT2D eigenvalue weighted by Gasteiger charge is -2.10. The lowest BCUT2D eigenvalue weighted by atomic mass is 10.0. The third kappa shape index (κ3) is 2.33. The van der Waals surface area contributed by atoms with Crippen molar-refractivity contribution in [1.82, 2.24) is 20.3 Å². The summed E-state index contributed by atoms with van der Waals surface area (Å²) in [6, 6.07) is 11.7. The van der Waals surface area contributed by atoms with Crippen molar-refractivity contribution < 1.29 is 0 Å². The van der Waals surface area contributed by atoms with Gasteiger partial charge < -0.3 is 11.1 Å². The second-order valence-electron chi connectivity index (χ2n) is 4.86. The van der Waals surface area contributed by atoms with Gasteiger partial charge in [-0.2, -0.15) is 0 Å². The van der Waals surface area contributed by atoms with Gasteiger partial charge in [-0.25, -0.2) is 4.68 Å². The van der Waals surface area contributed by atoms with Crippen LogP contribution in [-0.4, -0.2) is 22.0 Å². The standard InChI is InChI=1S/C17H17N5/c1-3-12-11-17(14(18)10-13(12)8-9-19-2)22-16-7-5-4-6-15(16)20-21-22/h3-11,19H,1,18H2,2H3/b9-8-. The number of benzene rings is 2. The number of hydrogen-bond donors (Lipinski definition) is 2. The maximum absolute atomic E-state index is 6.22. The maximum atomic E-state index is 6.22. The molecule has 0 saturated heterocycles. The normalized spacial score (nSPS) is 11.1. The molecule has 0 aliphatic rings. The zero-order valence-electron chi connectivity index (χ0n) is 12.3. The molecule has 0 atom stereocenters. The molecular weight excluding hydrogens is 274 g/mol. The Bertz CT molecular complexity index is 861. The fraction of sp³-hybridized carbons (Fsp3) is 0.0588. The van der Waals surface area contributed by atoms with E-state index in [1.54, 1.807) is 10.8 Å². The molecule has 0 unspecified atom stereocenters. The summed E-state index contributed by atoms with van der Waals surface area (Å²) >= 11 is 0. The Morgan fingerprint density at radius 3 is 2.82 bits per heavy atom. The fourth-order valence-corrected chi connectivity index (χ4v) is 2.36. The molecule has 0 amide bonds. The van der Waals surface area contributed by atoms with Gasteiger partial charge in [0.25, 0.3) is 0 Å². The summed E-state index contributed by atoms with van der Waals surface area (Å²) in [6.07, 6.45) is 5.61.